The predicted octanol–water partition coefficient (Wildman–Crippen LogP) is 4.60. The second-order valence-corrected chi connectivity index (χ2v) is 6.74. The average molecular weight is 363 g/mol. The average Bonchev–Trinajstić information content (AvgIpc) is 3.11. The lowest BCUT2D eigenvalue weighted by Crippen LogP contribution is -2.27. The number of hydrogen-bond acceptors (Lipinski definition) is 3. The molecule has 3 aromatic rings. The lowest BCUT2D eigenvalue weighted by atomic mass is 9.97. The summed E-state index contributed by atoms with van der Waals surface area (Å²) in [4.78, 5) is 12.2. The standard InChI is InChI=1S/C23H25NO3/c1-16-13-17(2)21(18(3)14-16)15-20-9-10-22(27-20)23(25)24-11-12-26-19-7-5-4-6-8-19/h4-10,13-14H,11-12,15H2,1-3H3,(H,24,25). The molecular weight excluding hydrogens is 338 g/mol. The smallest absolute Gasteiger partial charge is 0.287 e. The van der Waals surface area contributed by atoms with Gasteiger partial charge in [-0.2, -0.15) is 0 Å². The van der Waals surface area contributed by atoms with Crippen LogP contribution in [0.15, 0.2) is 59.0 Å². The lowest BCUT2D eigenvalue weighted by molar-refractivity contribution is 0.0917. The van der Waals surface area contributed by atoms with Gasteiger partial charge >= 0.3 is 0 Å². The summed E-state index contributed by atoms with van der Waals surface area (Å²) in [6, 6.07) is 17.5. The van der Waals surface area contributed by atoms with Crippen molar-refractivity contribution in [3.63, 3.8) is 0 Å². The van der Waals surface area contributed by atoms with Crippen molar-refractivity contribution >= 4 is 5.91 Å². The van der Waals surface area contributed by atoms with E-state index in [0.717, 1.165) is 11.5 Å². The number of ether oxygens (including phenoxy) is 1. The summed E-state index contributed by atoms with van der Waals surface area (Å²) in [7, 11) is 0. The Bertz CT molecular complexity index is 889. The summed E-state index contributed by atoms with van der Waals surface area (Å²) in [6.07, 6.45) is 0.683. The molecule has 3 rings (SSSR count). The monoisotopic (exact) mass is 363 g/mol. The molecule has 0 aliphatic heterocycles. The number of para-hydroxylation sites is 1. The van der Waals surface area contributed by atoms with E-state index in [4.69, 9.17) is 9.15 Å². The van der Waals surface area contributed by atoms with E-state index < -0.39 is 0 Å². The number of nitrogens with one attached hydrogen (secondary N) is 1. The van der Waals surface area contributed by atoms with Crippen molar-refractivity contribution in [2.75, 3.05) is 13.2 Å². The molecule has 1 N–H and O–H groups in total. The molecule has 0 aliphatic rings. The van der Waals surface area contributed by atoms with Crippen molar-refractivity contribution in [2.45, 2.75) is 27.2 Å². The Balaban J connectivity index is 1.53. The Hall–Kier alpha value is -3.01. The zero-order valence-corrected chi connectivity index (χ0v) is 16.0. The van der Waals surface area contributed by atoms with E-state index in [9.17, 15) is 4.79 Å². The summed E-state index contributed by atoms with van der Waals surface area (Å²) in [5, 5.41) is 2.82. The van der Waals surface area contributed by atoms with Crippen LogP contribution in [0.2, 0.25) is 0 Å². The summed E-state index contributed by atoms with van der Waals surface area (Å²) >= 11 is 0. The third-order valence-corrected chi connectivity index (χ3v) is 4.48. The number of benzene rings is 2. The van der Waals surface area contributed by atoms with Gasteiger partial charge < -0.3 is 14.5 Å². The highest BCUT2D eigenvalue weighted by atomic mass is 16.5. The van der Waals surface area contributed by atoms with Crippen molar-refractivity contribution in [1.82, 2.24) is 5.32 Å². The van der Waals surface area contributed by atoms with Crippen LogP contribution in [0.3, 0.4) is 0 Å². The SMILES string of the molecule is Cc1cc(C)c(Cc2ccc(C(=O)NCCOc3ccccc3)o2)c(C)c1. The number of furan rings is 1. The summed E-state index contributed by atoms with van der Waals surface area (Å²) in [5.41, 5.74) is 4.99. The molecule has 0 fully saturated rings. The number of hydrogen-bond donors (Lipinski definition) is 1. The van der Waals surface area contributed by atoms with Crippen LogP contribution in [-0.4, -0.2) is 19.1 Å². The van der Waals surface area contributed by atoms with Crippen molar-refractivity contribution < 1.29 is 13.9 Å². The van der Waals surface area contributed by atoms with Gasteiger partial charge in [0, 0.05) is 6.42 Å². The van der Waals surface area contributed by atoms with Gasteiger partial charge in [0.15, 0.2) is 5.76 Å². The van der Waals surface area contributed by atoms with Gasteiger partial charge in [0.25, 0.3) is 5.91 Å². The minimum absolute atomic E-state index is 0.227. The topological polar surface area (TPSA) is 51.5 Å². The first-order valence-corrected chi connectivity index (χ1v) is 9.14. The first kappa shape index (κ1) is 18.8. The zero-order valence-electron chi connectivity index (χ0n) is 16.0. The van der Waals surface area contributed by atoms with Crippen LogP contribution in [0.4, 0.5) is 0 Å². The van der Waals surface area contributed by atoms with Crippen molar-refractivity contribution in [3.05, 3.63) is 88.4 Å². The Morgan fingerprint density at radius 3 is 2.41 bits per heavy atom. The van der Waals surface area contributed by atoms with E-state index in [0.29, 0.717) is 25.3 Å². The molecule has 0 radical (unpaired) electrons. The minimum Gasteiger partial charge on any atom is -0.492 e. The second-order valence-electron chi connectivity index (χ2n) is 6.74. The van der Waals surface area contributed by atoms with Crippen LogP contribution in [0.5, 0.6) is 5.75 Å². The van der Waals surface area contributed by atoms with Gasteiger partial charge in [0.05, 0.1) is 6.54 Å². The lowest BCUT2D eigenvalue weighted by Gasteiger charge is -2.10. The largest absolute Gasteiger partial charge is 0.492 e. The number of aryl methyl sites for hydroxylation is 3. The Kier molecular flexibility index (Phi) is 5.97. The van der Waals surface area contributed by atoms with Crippen LogP contribution in [-0.2, 0) is 6.42 Å². The Labute approximate surface area is 160 Å². The van der Waals surface area contributed by atoms with Gasteiger partial charge in [-0.3, -0.25) is 4.79 Å². The van der Waals surface area contributed by atoms with Gasteiger partial charge in [0.2, 0.25) is 0 Å². The van der Waals surface area contributed by atoms with Gasteiger partial charge in [-0.25, -0.2) is 0 Å². The maximum atomic E-state index is 12.2. The van der Waals surface area contributed by atoms with E-state index in [2.05, 4.69) is 38.2 Å². The fourth-order valence-electron chi connectivity index (χ4n) is 3.20. The van der Waals surface area contributed by atoms with Crippen molar-refractivity contribution in [3.8, 4) is 5.75 Å². The number of carbonyl (C=O) groups is 1. The normalized spacial score (nSPS) is 10.6. The molecule has 0 aliphatic carbocycles. The van der Waals surface area contributed by atoms with Gasteiger partial charge in [-0.15, -0.1) is 0 Å². The molecule has 140 valence electrons. The fourth-order valence-corrected chi connectivity index (χ4v) is 3.20. The van der Waals surface area contributed by atoms with E-state index in [-0.39, 0.29) is 5.91 Å². The van der Waals surface area contributed by atoms with Crippen LogP contribution in [0, 0.1) is 20.8 Å². The van der Waals surface area contributed by atoms with E-state index >= 15 is 0 Å². The van der Waals surface area contributed by atoms with Crippen LogP contribution >= 0.6 is 0 Å². The quantitative estimate of drug-likeness (QED) is 0.624. The highest BCUT2D eigenvalue weighted by molar-refractivity contribution is 5.91. The van der Waals surface area contributed by atoms with Gasteiger partial charge in [-0.1, -0.05) is 35.9 Å². The fraction of sp³-hybridized carbons (Fsp3) is 0.261. The van der Waals surface area contributed by atoms with Crippen LogP contribution in [0.1, 0.15) is 38.6 Å². The number of amides is 1. The zero-order chi connectivity index (χ0) is 19.2. The Morgan fingerprint density at radius 2 is 1.70 bits per heavy atom. The van der Waals surface area contributed by atoms with Crippen molar-refractivity contribution in [1.29, 1.82) is 0 Å². The third kappa shape index (κ3) is 5.00. The number of carbonyl (C=O) groups excluding carboxylic acids is 1. The summed E-state index contributed by atoms with van der Waals surface area (Å²) < 4.78 is 11.3. The predicted molar refractivity (Wildman–Crippen MR) is 106 cm³/mol. The molecule has 1 aromatic heterocycles. The van der Waals surface area contributed by atoms with E-state index in [1.807, 2.05) is 36.4 Å². The molecule has 2 aromatic carbocycles. The number of rotatable bonds is 7. The highest BCUT2D eigenvalue weighted by Crippen LogP contribution is 2.21. The third-order valence-electron chi connectivity index (χ3n) is 4.48. The van der Waals surface area contributed by atoms with E-state index in [1.54, 1.807) is 6.07 Å². The van der Waals surface area contributed by atoms with Crippen LogP contribution in [0.25, 0.3) is 0 Å². The van der Waals surface area contributed by atoms with Crippen molar-refractivity contribution in [2.24, 2.45) is 0 Å². The molecule has 0 saturated carbocycles. The molecule has 4 heteroatoms. The molecule has 0 unspecified atom stereocenters. The molecule has 0 bridgehead atoms. The maximum Gasteiger partial charge on any atom is 0.287 e. The molecule has 0 saturated heterocycles. The first-order valence-electron chi connectivity index (χ1n) is 9.14. The summed E-state index contributed by atoms with van der Waals surface area (Å²) in [6.45, 7) is 7.14. The molecule has 0 atom stereocenters. The molecule has 27 heavy (non-hydrogen) atoms. The Morgan fingerprint density at radius 1 is 1.00 bits per heavy atom. The van der Waals surface area contributed by atoms with Gasteiger partial charge in [-0.05, 0) is 61.7 Å². The molecular formula is C23H25NO3. The minimum atomic E-state index is -0.227. The van der Waals surface area contributed by atoms with E-state index in [1.165, 1.54) is 22.3 Å². The second kappa shape index (κ2) is 8.58. The first-order chi connectivity index (χ1) is 13.0. The molecule has 0 spiro atoms. The van der Waals surface area contributed by atoms with Gasteiger partial charge in [0.1, 0.15) is 18.1 Å². The molecule has 1 heterocycles. The van der Waals surface area contributed by atoms with Crippen LogP contribution < -0.4 is 10.1 Å². The summed E-state index contributed by atoms with van der Waals surface area (Å²) in [5.74, 6) is 1.68. The molecule has 1 amide bonds. The maximum absolute atomic E-state index is 12.2. The molecule has 4 nitrogen and oxygen atoms in total. The highest BCUT2D eigenvalue weighted by Gasteiger charge is 2.13.